The summed E-state index contributed by atoms with van der Waals surface area (Å²) in [5.41, 5.74) is 1.83. The molecule has 1 unspecified atom stereocenters. The van der Waals surface area contributed by atoms with Crippen LogP contribution in [0, 0.1) is 6.92 Å². The van der Waals surface area contributed by atoms with Gasteiger partial charge >= 0.3 is 0 Å². The quantitative estimate of drug-likeness (QED) is 0.856. The van der Waals surface area contributed by atoms with E-state index in [0.29, 0.717) is 6.54 Å². The van der Waals surface area contributed by atoms with Crippen molar-refractivity contribution >= 4 is 11.5 Å². The zero-order chi connectivity index (χ0) is 16.2. The highest BCUT2D eigenvalue weighted by Gasteiger charge is 2.15. The van der Waals surface area contributed by atoms with Gasteiger partial charge in [-0.2, -0.15) is 0 Å². The van der Waals surface area contributed by atoms with E-state index in [1.165, 1.54) is 11.5 Å². The van der Waals surface area contributed by atoms with Crippen molar-refractivity contribution in [3.05, 3.63) is 30.0 Å². The first-order chi connectivity index (χ1) is 10.4. The van der Waals surface area contributed by atoms with Gasteiger partial charge in [-0.05, 0) is 51.4 Å². The average Bonchev–Trinajstić information content (AvgIpc) is 2.88. The minimum absolute atomic E-state index is 0.0235. The Morgan fingerprint density at radius 1 is 1.32 bits per heavy atom. The molecule has 0 spiro atoms. The molecule has 0 saturated carbocycles. The van der Waals surface area contributed by atoms with Crippen molar-refractivity contribution in [3.63, 3.8) is 0 Å². The van der Waals surface area contributed by atoms with Gasteiger partial charge in [0.15, 0.2) is 0 Å². The Kier molecular flexibility index (Phi) is 5.50. The van der Waals surface area contributed by atoms with E-state index in [4.69, 9.17) is 4.74 Å². The minimum Gasteiger partial charge on any atom is -0.490 e. The largest absolute Gasteiger partial charge is 0.490 e. The molecule has 1 aromatic heterocycles. The third-order valence-electron chi connectivity index (χ3n) is 3.08. The molecule has 0 aliphatic heterocycles. The molecule has 0 bridgehead atoms. The number of para-hydroxylation sites is 1. The molecule has 0 fully saturated rings. The van der Waals surface area contributed by atoms with Crippen molar-refractivity contribution in [2.75, 3.05) is 13.2 Å². The molecule has 1 atom stereocenters. The topological polar surface area (TPSA) is 67.3 Å². The fourth-order valence-corrected chi connectivity index (χ4v) is 2.61. The Bertz CT molecular complexity index is 607. The lowest BCUT2D eigenvalue weighted by atomic mass is 10.1. The molecular weight excluding hydrogens is 298 g/mol. The van der Waals surface area contributed by atoms with Gasteiger partial charge < -0.3 is 15.2 Å². The van der Waals surface area contributed by atoms with Crippen molar-refractivity contribution in [1.82, 2.24) is 14.9 Å². The number of hydrogen-bond donors (Lipinski definition) is 2. The Hall–Kier alpha value is -1.50. The molecule has 0 saturated heterocycles. The van der Waals surface area contributed by atoms with Gasteiger partial charge in [0.05, 0.1) is 10.6 Å². The number of aromatic nitrogens is 2. The van der Waals surface area contributed by atoms with Crippen LogP contribution in [-0.2, 0) is 0 Å². The standard InChI is InChI=1S/C16H23N3O2S/c1-11-15(22-19-18-11)13-7-5-6-8-14(13)21-10-12(20)9-17-16(2,3)4/h5-8,12,17,20H,9-10H2,1-4H3. The molecule has 0 amide bonds. The summed E-state index contributed by atoms with van der Waals surface area (Å²) < 4.78 is 9.77. The maximum absolute atomic E-state index is 10.0. The van der Waals surface area contributed by atoms with Gasteiger partial charge in [0.1, 0.15) is 18.5 Å². The molecule has 2 rings (SSSR count). The van der Waals surface area contributed by atoms with E-state index in [2.05, 4.69) is 35.7 Å². The van der Waals surface area contributed by atoms with E-state index in [0.717, 1.165) is 21.9 Å². The molecule has 0 aliphatic rings. The van der Waals surface area contributed by atoms with Crippen molar-refractivity contribution in [2.45, 2.75) is 39.3 Å². The summed E-state index contributed by atoms with van der Waals surface area (Å²) in [4.78, 5) is 0.998. The summed E-state index contributed by atoms with van der Waals surface area (Å²) in [6, 6.07) is 7.76. The van der Waals surface area contributed by atoms with Gasteiger partial charge in [-0.3, -0.25) is 0 Å². The first-order valence-corrected chi connectivity index (χ1v) is 8.08. The van der Waals surface area contributed by atoms with Crippen LogP contribution < -0.4 is 10.1 Å². The highest BCUT2D eigenvalue weighted by molar-refractivity contribution is 7.09. The van der Waals surface area contributed by atoms with Crippen molar-refractivity contribution < 1.29 is 9.84 Å². The lowest BCUT2D eigenvalue weighted by Gasteiger charge is -2.23. The Balaban J connectivity index is 2.01. The second-order valence-electron chi connectivity index (χ2n) is 6.28. The first-order valence-electron chi connectivity index (χ1n) is 7.31. The average molecular weight is 321 g/mol. The Morgan fingerprint density at radius 3 is 2.68 bits per heavy atom. The molecule has 1 aromatic carbocycles. The molecular formula is C16H23N3O2S. The second kappa shape index (κ2) is 7.17. The van der Waals surface area contributed by atoms with Crippen LogP contribution in [0.3, 0.4) is 0 Å². The molecule has 6 heteroatoms. The van der Waals surface area contributed by atoms with Gasteiger partial charge in [0.25, 0.3) is 0 Å². The third kappa shape index (κ3) is 4.76. The van der Waals surface area contributed by atoms with Crippen LogP contribution in [0.15, 0.2) is 24.3 Å². The number of nitrogens with zero attached hydrogens (tertiary/aromatic N) is 2. The molecule has 0 aliphatic carbocycles. The number of aliphatic hydroxyl groups is 1. The van der Waals surface area contributed by atoms with Gasteiger partial charge in [-0.1, -0.05) is 16.6 Å². The van der Waals surface area contributed by atoms with E-state index in [-0.39, 0.29) is 12.1 Å². The zero-order valence-electron chi connectivity index (χ0n) is 13.5. The number of nitrogens with one attached hydrogen (secondary N) is 1. The van der Waals surface area contributed by atoms with E-state index < -0.39 is 6.10 Å². The van der Waals surface area contributed by atoms with Crippen LogP contribution in [-0.4, -0.2) is 39.5 Å². The van der Waals surface area contributed by atoms with Crippen LogP contribution in [0.1, 0.15) is 26.5 Å². The van der Waals surface area contributed by atoms with Crippen molar-refractivity contribution in [3.8, 4) is 16.2 Å². The van der Waals surface area contributed by atoms with E-state index in [1.54, 1.807) is 0 Å². The maximum atomic E-state index is 10.0. The third-order valence-corrected chi connectivity index (χ3v) is 3.94. The van der Waals surface area contributed by atoms with E-state index >= 15 is 0 Å². The van der Waals surface area contributed by atoms with Crippen LogP contribution in [0.4, 0.5) is 0 Å². The summed E-state index contributed by atoms with van der Waals surface area (Å²) in [5.74, 6) is 0.742. The lowest BCUT2D eigenvalue weighted by molar-refractivity contribution is 0.100. The number of aryl methyl sites for hydroxylation is 1. The van der Waals surface area contributed by atoms with Gasteiger partial charge in [-0.25, -0.2) is 0 Å². The summed E-state index contributed by atoms with van der Waals surface area (Å²) >= 11 is 1.35. The number of rotatable bonds is 6. The molecule has 120 valence electrons. The van der Waals surface area contributed by atoms with Crippen LogP contribution >= 0.6 is 11.5 Å². The van der Waals surface area contributed by atoms with Gasteiger partial charge in [0, 0.05) is 17.6 Å². The Labute approximate surface area is 135 Å². The van der Waals surface area contributed by atoms with Crippen LogP contribution in [0.5, 0.6) is 5.75 Å². The summed E-state index contributed by atoms with van der Waals surface area (Å²) in [5, 5.41) is 17.3. The van der Waals surface area contributed by atoms with Crippen LogP contribution in [0.25, 0.3) is 10.4 Å². The van der Waals surface area contributed by atoms with Gasteiger partial charge in [0.2, 0.25) is 0 Å². The van der Waals surface area contributed by atoms with Crippen molar-refractivity contribution in [1.29, 1.82) is 0 Å². The fraction of sp³-hybridized carbons (Fsp3) is 0.500. The molecule has 2 aromatic rings. The molecule has 0 radical (unpaired) electrons. The summed E-state index contributed by atoms with van der Waals surface area (Å²) in [6.45, 7) is 8.86. The summed E-state index contributed by atoms with van der Waals surface area (Å²) in [6.07, 6.45) is -0.562. The number of β-amino-alcohol motifs (C(OH)–C–C–N with tert-alkyl or cyclic N) is 1. The molecule has 22 heavy (non-hydrogen) atoms. The number of ether oxygens (including phenoxy) is 1. The van der Waals surface area contributed by atoms with E-state index in [9.17, 15) is 5.11 Å². The predicted octanol–water partition coefficient (Wildman–Crippen LogP) is 2.64. The molecule has 1 heterocycles. The predicted molar refractivity (Wildman–Crippen MR) is 89.3 cm³/mol. The normalized spacial score (nSPS) is 13.1. The maximum Gasteiger partial charge on any atom is 0.128 e. The minimum atomic E-state index is -0.562. The first kappa shape index (κ1) is 16.9. The SMILES string of the molecule is Cc1nnsc1-c1ccccc1OCC(O)CNC(C)(C)C. The van der Waals surface area contributed by atoms with Gasteiger partial charge in [-0.15, -0.1) is 5.10 Å². The zero-order valence-corrected chi connectivity index (χ0v) is 14.3. The smallest absolute Gasteiger partial charge is 0.128 e. The Morgan fingerprint density at radius 2 is 2.05 bits per heavy atom. The highest BCUT2D eigenvalue weighted by atomic mass is 32.1. The number of benzene rings is 1. The van der Waals surface area contributed by atoms with E-state index in [1.807, 2.05) is 31.2 Å². The highest BCUT2D eigenvalue weighted by Crippen LogP contribution is 2.33. The molecule has 5 nitrogen and oxygen atoms in total. The lowest BCUT2D eigenvalue weighted by Crippen LogP contribution is -2.42. The molecule has 2 N–H and O–H groups in total. The summed E-state index contributed by atoms with van der Waals surface area (Å²) in [7, 11) is 0. The monoisotopic (exact) mass is 321 g/mol. The number of hydrogen-bond acceptors (Lipinski definition) is 6. The number of aliphatic hydroxyl groups excluding tert-OH is 1. The van der Waals surface area contributed by atoms with Crippen molar-refractivity contribution in [2.24, 2.45) is 0 Å². The second-order valence-corrected chi connectivity index (χ2v) is 7.03. The van der Waals surface area contributed by atoms with Crippen LogP contribution in [0.2, 0.25) is 0 Å². The fourth-order valence-electron chi connectivity index (χ4n) is 1.93.